The molecule has 0 saturated heterocycles. The van der Waals surface area contributed by atoms with E-state index in [-0.39, 0.29) is 11.3 Å². The maximum atomic E-state index is 13.2. The van der Waals surface area contributed by atoms with Crippen molar-refractivity contribution in [3.63, 3.8) is 0 Å². The van der Waals surface area contributed by atoms with E-state index in [2.05, 4.69) is 4.98 Å². The first-order valence-electron chi connectivity index (χ1n) is 8.99. The number of fused-ring (bicyclic) bond motifs is 1. The minimum Gasteiger partial charge on any atom is -0.268 e. The van der Waals surface area contributed by atoms with Gasteiger partial charge in [-0.25, -0.2) is 4.98 Å². The van der Waals surface area contributed by atoms with Crippen molar-refractivity contribution in [3.8, 4) is 5.69 Å². The molecule has 1 heterocycles. The molecule has 0 amide bonds. The number of rotatable bonds is 4. The summed E-state index contributed by atoms with van der Waals surface area (Å²) in [6.07, 6.45) is -4.43. The van der Waals surface area contributed by atoms with Gasteiger partial charge in [0.15, 0.2) is 5.16 Å². The topological polar surface area (TPSA) is 34.9 Å². The minimum atomic E-state index is -4.43. The maximum absolute atomic E-state index is 13.2. The van der Waals surface area contributed by atoms with E-state index < -0.39 is 11.7 Å². The van der Waals surface area contributed by atoms with Gasteiger partial charge in [0.2, 0.25) is 0 Å². The van der Waals surface area contributed by atoms with Crippen molar-refractivity contribution in [1.29, 1.82) is 0 Å². The molecular formula is C22H13Cl2F3N2OS. The third-order valence-electron chi connectivity index (χ3n) is 4.51. The van der Waals surface area contributed by atoms with E-state index in [1.54, 1.807) is 48.5 Å². The second kappa shape index (κ2) is 8.57. The zero-order valence-electron chi connectivity index (χ0n) is 15.7. The monoisotopic (exact) mass is 480 g/mol. The van der Waals surface area contributed by atoms with Gasteiger partial charge in [0.25, 0.3) is 5.56 Å². The molecule has 0 unspecified atom stereocenters. The standard InChI is InChI=1S/C22H13Cl2F3N2OS/c23-15-4-7-17(8-5-15)29-20(30)18-9-6-16(24)11-19(18)28-21(29)31-12-13-2-1-3-14(10-13)22(25,26)27/h1-11H,12H2. The lowest BCUT2D eigenvalue weighted by Crippen LogP contribution is -2.21. The molecule has 31 heavy (non-hydrogen) atoms. The molecular weight excluding hydrogens is 468 g/mol. The van der Waals surface area contributed by atoms with Crippen molar-refractivity contribution in [2.75, 3.05) is 0 Å². The van der Waals surface area contributed by atoms with Crippen molar-refractivity contribution in [1.82, 2.24) is 9.55 Å². The Morgan fingerprint density at radius 2 is 1.65 bits per heavy atom. The molecule has 0 fully saturated rings. The summed E-state index contributed by atoms with van der Waals surface area (Å²) >= 11 is 13.2. The van der Waals surface area contributed by atoms with Crippen molar-refractivity contribution < 1.29 is 13.2 Å². The summed E-state index contributed by atoms with van der Waals surface area (Å²) in [7, 11) is 0. The molecule has 0 aliphatic rings. The molecule has 3 nitrogen and oxygen atoms in total. The number of halogens is 5. The number of hydrogen-bond acceptors (Lipinski definition) is 3. The van der Waals surface area contributed by atoms with Crippen LogP contribution < -0.4 is 5.56 Å². The Hall–Kier alpha value is -2.48. The van der Waals surface area contributed by atoms with Crippen molar-refractivity contribution in [2.45, 2.75) is 17.1 Å². The Labute approximate surface area is 189 Å². The van der Waals surface area contributed by atoms with Crippen LogP contribution in [-0.2, 0) is 11.9 Å². The van der Waals surface area contributed by atoms with Crippen LogP contribution in [0.1, 0.15) is 11.1 Å². The molecule has 3 aromatic carbocycles. The highest BCUT2D eigenvalue weighted by molar-refractivity contribution is 7.98. The van der Waals surface area contributed by atoms with E-state index in [9.17, 15) is 18.0 Å². The van der Waals surface area contributed by atoms with Gasteiger partial charge in [0.1, 0.15) is 0 Å². The first-order chi connectivity index (χ1) is 14.7. The van der Waals surface area contributed by atoms with Crippen LogP contribution in [0.4, 0.5) is 13.2 Å². The van der Waals surface area contributed by atoms with E-state index in [0.29, 0.717) is 37.4 Å². The minimum absolute atomic E-state index is 0.190. The van der Waals surface area contributed by atoms with E-state index in [4.69, 9.17) is 23.2 Å². The highest BCUT2D eigenvalue weighted by Crippen LogP contribution is 2.31. The summed E-state index contributed by atoms with van der Waals surface area (Å²) in [5.74, 6) is 0.190. The zero-order chi connectivity index (χ0) is 22.2. The summed E-state index contributed by atoms with van der Waals surface area (Å²) in [6.45, 7) is 0. The van der Waals surface area contributed by atoms with Gasteiger partial charge < -0.3 is 0 Å². The molecule has 0 N–H and O–H groups in total. The van der Waals surface area contributed by atoms with Crippen LogP contribution in [0.3, 0.4) is 0 Å². The van der Waals surface area contributed by atoms with Crippen molar-refractivity contribution in [2.24, 2.45) is 0 Å². The van der Waals surface area contributed by atoms with Crippen LogP contribution in [0.15, 0.2) is 76.7 Å². The number of thioether (sulfide) groups is 1. The maximum Gasteiger partial charge on any atom is 0.416 e. The van der Waals surface area contributed by atoms with Gasteiger partial charge in [0, 0.05) is 15.8 Å². The van der Waals surface area contributed by atoms with Crippen LogP contribution >= 0.6 is 35.0 Å². The summed E-state index contributed by atoms with van der Waals surface area (Å²) in [5, 5.41) is 1.65. The number of nitrogens with zero attached hydrogens (tertiary/aromatic N) is 2. The lowest BCUT2D eigenvalue weighted by atomic mass is 10.1. The number of aromatic nitrogens is 2. The third kappa shape index (κ3) is 4.74. The van der Waals surface area contributed by atoms with E-state index in [1.807, 2.05) is 0 Å². The van der Waals surface area contributed by atoms with E-state index in [0.717, 1.165) is 23.9 Å². The Bertz CT molecular complexity index is 1320. The quantitative estimate of drug-likeness (QED) is 0.233. The smallest absolute Gasteiger partial charge is 0.268 e. The van der Waals surface area contributed by atoms with Crippen LogP contribution in [0.2, 0.25) is 10.0 Å². The molecule has 4 aromatic rings. The molecule has 158 valence electrons. The van der Waals surface area contributed by atoms with Gasteiger partial charge in [-0.05, 0) is 54.1 Å². The average Bonchev–Trinajstić information content (AvgIpc) is 2.72. The third-order valence-corrected chi connectivity index (χ3v) is 6.00. The van der Waals surface area contributed by atoms with Gasteiger partial charge in [-0.3, -0.25) is 9.36 Å². The van der Waals surface area contributed by atoms with Crippen LogP contribution in [0.25, 0.3) is 16.6 Å². The van der Waals surface area contributed by atoms with E-state index >= 15 is 0 Å². The summed E-state index contributed by atoms with van der Waals surface area (Å²) < 4.78 is 40.5. The Kier molecular flexibility index (Phi) is 6.01. The van der Waals surface area contributed by atoms with Gasteiger partial charge in [-0.15, -0.1) is 0 Å². The lowest BCUT2D eigenvalue weighted by molar-refractivity contribution is -0.137. The molecule has 0 radical (unpaired) electrons. The largest absolute Gasteiger partial charge is 0.416 e. The van der Waals surface area contributed by atoms with Crippen molar-refractivity contribution >= 4 is 45.9 Å². The Balaban J connectivity index is 1.80. The fourth-order valence-corrected chi connectivity index (χ4v) is 4.29. The Morgan fingerprint density at radius 3 is 2.35 bits per heavy atom. The molecule has 0 spiro atoms. The predicted octanol–water partition coefficient (Wildman–Crippen LogP) is 7.00. The highest BCUT2D eigenvalue weighted by atomic mass is 35.5. The van der Waals surface area contributed by atoms with E-state index in [1.165, 1.54) is 10.6 Å². The second-order valence-electron chi connectivity index (χ2n) is 6.66. The molecule has 0 aliphatic heterocycles. The van der Waals surface area contributed by atoms with Crippen LogP contribution in [-0.4, -0.2) is 9.55 Å². The summed E-state index contributed by atoms with van der Waals surface area (Å²) in [6, 6.07) is 16.5. The molecule has 0 atom stereocenters. The fourth-order valence-electron chi connectivity index (χ4n) is 3.04. The van der Waals surface area contributed by atoms with Gasteiger partial charge >= 0.3 is 6.18 Å². The summed E-state index contributed by atoms with van der Waals surface area (Å²) in [5.41, 5.74) is 0.386. The van der Waals surface area contributed by atoms with Gasteiger partial charge in [-0.2, -0.15) is 13.2 Å². The fraction of sp³-hybridized carbons (Fsp3) is 0.0909. The molecule has 0 saturated carbocycles. The molecule has 0 aliphatic carbocycles. The normalized spacial score (nSPS) is 11.8. The average molecular weight is 481 g/mol. The molecule has 4 rings (SSSR count). The van der Waals surface area contributed by atoms with Crippen molar-refractivity contribution in [3.05, 3.63) is 98.3 Å². The van der Waals surface area contributed by atoms with Gasteiger partial charge in [0.05, 0.1) is 22.2 Å². The second-order valence-corrected chi connectivity index (χ2v) is 8.48. The number of alkyl halides is 3. The molecule has 1 aromatic heterocycles. The Morgan fingerprint density at radius 1 is 0.935 bits per heavy atom. The molecule has 9 heteroatoms. The predicted molar refractivity (Wildman–Crippen MR) is 118 cm³/mol. The first-order valence-corrected chi connectivity index (χ1v) is 10.7. The van der Waals surface area contributed by atoms with Gasteiger partial charge in [-0.1, -0.05) is 53.2 Å². The number of hydrogen-bond donors (Lipinski definition) is 0. The van der Waals surface area contributed by atoms with Crippen LogP contribution in [0, 0.1) is 0 Å². The van der Waals surface area contributed by atoms with Crippen LogP contribution in [0.5, 0.6) is 0 Å². The zero-order valence-corrected chi connectivity index (χ0v) is 18.0. The highest BCUT2D eigenvalue weighted by Gasteiger charge is 2.30. The molecule has 0 bridgehead atoms. The summed E-state index contributed by atoms with van der Waals surface area (Å²) in [4.78, 5) is 17.8. The SMILES string of the molecule is O=c1c2ccc(Cl)cc2nc(SCc2cccc(C(F)(F)F)c2)n1-c1ccc(Cl)cc1. The first kappa shape index (κ1) is 21.7. The number of benzene rings is 3. The lowest BCUT2D eigenvalue weighted by Gasteiger charge is -2.14.